The van der Waals surface area contributed by atoms with Crippen molar-refractivity contribution in [2.75, 3.05) is 5.32 Å². The van der Waals surface area contributed by atoms with Gasteiger partial charge in [0.1, 0.15) is 5.60 Å². The monoisotopic (exact) mass is 313 g/mol. The molecule has 0 spiro atoms. The number of benzene rings is 1. The lowest BCUT2D eigenvalue weighted by atomic mass is 10.2. The van der Waals surface area contributed by atoms with Crippen molar-refractivity contribution in [3.8, 4) is 0 Å². The summed E-state index contributed by atoms with van der Waals surface area (Å²) in [7, 11) is 0. The molecule has 0 saturated heterocycles. The van der Waals surface area contributed by atoms with Crippen molar-refractivity contribution in [1.29, 1.82) is 0 Å². The van der Waals surface area contributed by atoms with Gasteiger partial charge < -0.3 is 15.4 Å². The highest BCUT2D eigenvalue weighted by molar-refractivity contribution is 5.67. The first-order valence-electron chi connectivity index (χ1n) is 7.61. The van der Waals surface area contributed by atoms with Crippen LogP contribution in [0.15, 0.2) is 48.8 Å². The minimum atomic E-state index is -0.481. The number of rotatable bonds is 5. The molecule has 0 fully saturated rings. The highest BCUT2D eigenvalue weighted by atomic mass is 16.6. The van der Waals surface area contributed by atoms with Crippen LogP contribution in [0.3, 0.4) is 0 Å². The standard InChI is InChI=1S/C18H23N3O2/c1-18(2,3)23-17(22)21-13-14-4-6-16(7-5-14)20-12-15-8-10-19-11-9-15/h4-11,20H,12-13H2,1-3H3,(H,21,22). The quantitative estimate of drug-likeness (QED) is 0.883. The summed E-state index contributed by atoms with van der Waals surface area (Å²) < 4.78 is 5.20. The Bertz CT molecular complexity index is 619. The number of nitrogens with zero attached hydrogens (tertiary/aromatic N) is 1. The number of carbonyl (C=O) groups excluding carboxylic acids is 1. The fourth-order valence-electron chi connectivity index (χ4n) is 1.93. The average Bonchev–Trinajstić information content (AvgIpc) is 2.51. The SMILES string of the molecule is CC(C)(C)OC(=O)NCc1ccc(NCc2ccncc2)cc1. The highest BCUT2D eigenvalue weighted by Gasteiger charge is 2.15. The van der Waals surface area contributed by atoms with Crippen LogP contribution in [0.2, 0.25) is 0 Å². The maximum absolute atomic E-state index is 11.6. The topological polar surface area (TPSA) is 63.2 Å². The molecule has 0 unspecified atom stereocenters. The van der Waals surface area contributed by atoms with E-state index in [1.807, 2.05) is 57.2 Å². The van der Waals surface area contributed by atoms with Crippen LogP contribution >= 0.6 is 0 Å². The molecule has 0 saturated carbocycles. The summed E-state index contributed by atoms with van der Waals surface area (Å²) in [6.07, 6.45) is 3.16. The zero-order valence-corrected chi connectivity index (χ0v) is 13.8. The predicted octanol–water partition coefficient (Wildman–Crippen LogP) is 3.72. The van der Waals surface area contributed by atoms with Gasteiger partial charge in [-0.1, -0.05) is 12.1 Å². The van der Waals surface area contributed by atoms with Crippen LogP contribution in [0.5, 0.6) is 0 Å². The predicted molar refractivity (Wildman–Crippen MR) is 91.1 cm³/mol. The Kier molecular flexibility index (Phi) is 5.57. The summed E-state index contributed by atoms with van der Waals surface area (Å²) >= 11 is 0. The van der Waals surface area contributed by atoms with Gasteiger partial charge in [0.05, 0.1) is 0 Å². The summed E-state index contributed by atoms with van der Waals surface area (Å²) in [6, 6.07) is 11.9. The highest BCUT2D eigenvalue weighted by Crippen LogP contribution is 2.12. The second-order valence-electron chi connectivity index (χ2n) is 6.26. The van der Waals surface area contributed by atoms with Gasteiger partial charge in [-0.15, -0.1) is 0 Å². The van der Waals surface area contributed by atoms with Gasteiger partial charge in [-0.05, 0) is 56.2 Å². The molecule has 0 bridgehead atoms. The maximum atomic E-state index is 11.6. The number of ether oxygens (including phenoxy) is 1. The fraction of sp³-hybridized carbons (Fsp3) is 0.333. The first-order valence-corrected chi connectivity index (χ1v) is 7.61. The minimum absolute atomic E-state index is 0.405. The first kappa shape index (κ1) is 16.8. The van der Waals surface area contributed by atoms with Crippen molar-refractivity contribution in [3.05, 3.63) is 59.9 Å². The molecule has 23 heavy (non-hydrogen) atoms. The summed E-state index contributed by atoms with van der Waals surface area (Å²) in [6.45, 7) is 6.72. The molecule has 0 radical (unpaired) electrons. The van der Waals surface area contributed by atoms with Crippen LogP contribution < -0.4 is 10.6 Å². The first-order chi connectivity index (χ1) is 10.9. The van der Waals surface area contributed by atoms with E-state index < -0.39 is 11.7 Å². The Balaban J connectivity index is 1.79. The zero-order chi connectivity index (χ0) is 16.7. The third-order valence-corrected chi connectivity index (χ3v) is 3.04. The number of hydrogen-bond donors (Lipinski definition) is 2. The maximum Gasteiger partial charge on any atom is 0.407 e. The van der Waals surface area contributed by atoms with Gasteiger partial charge in [0, 0.05) is 31.2 Å². The van der Waals surface area contributed by atoms with Crippen molar-refractivity contribution >= 4 is 11.8 Å². The molecule has 2 N–H and O–H groups in total. The van der Waals surface area contributed by atoms with Crippen LogP contribution in [0.1, 0.15) is 31.9 Å². The molecule has 0 aliphatic heterocycles. The molecule has 2 aromatic rings. The molecule has 2 rings (SSSR count). The van der Waals surface area contributed by atoms with E-state index in [1.54, 1.807) is 12.4 Å². The van der Waals surface area contributed by atoms with Crippen molar-refractivity contribution < 1.29 is 9.53 Å². The van der Waals surface area contributed by atoms with Crippen LogP contribution in [-0.2, 0) is 17.8 Å². The van der Waals surface area contributed by atoms with Crippen molar-refractivity contribution in [2.45, 2.75) is 39.5 Å². The number of anilines is 1. The van der Waals surface area contributed by atoms with E-state index in [0.717, 1.165) is 17.8 Å². The zero-order valence-electron chi connectivity index (χ0n) is 13.8. The van der Waals surface area contributed by atoms with E-state index in [4.69, 9.17) is 4.74 Å². The molecule has 0 atom stereocenters. The van der Waals surface area contributed by atoms with E-state index in [9.17, 15) is 4.79 Å². The van der Waals surface area contributed by atoms with Crippen molar-refractivity contribution in [2.24, 2.45) is 0 Å². The lowest BCUT2D eigenvalue weighted by molar-refractivity contribution is 0.0523. The molecule has 1 aromatic heterocycles. The van der Waals surface area contributed by atoms with Gasteiger partial charge in [-0.3, -0.25) is 4.98 Å². The average molecular weight is 313 g/mol. The van der Waals surface area contributed by atoms with Gasteiger partial charge >= 0.3 is 6.09 Å². The Morgan fingerprint density at radius 2 is 1.61 bits per heavy atom. The number of carbonyl (C=O) groups is 1. The third-order valence-electron chi connectivity index (χ3n) is 3.04. The molecule has 1 aromatic carbocycles. The van der Waals surface area contributed by atoms with E-state index in [2.05, 4.69) is 15.6 Å². The number of aromatic nitrogens is 1. The molecular weight excluding hydrogens is 290 g/mol. The number of pyridine rings is 1. The summed E-state index contributed by atoms with van der Waals surface area (Å²) in [5.41, 5.74) is 2.74. The Labute approximate surface area is 137 Å². The second-order valence-corrected chi connectivity index (χ2v) is 6.26. The normalized spacial score (nSPS) is 10.9. The van der Waals surface area contributed by atoms with E-state index >= 15 is 0 Å². The summed E-state index contributed by atoms with van der Waals surface area (Å²) in [4.78, 5) is 15.6. The molecule has 122 valence electrons. The van der Waals surface area contributed by atoms with Gasteiger partial charge in [-0.2, -0.15) is 0 Å². The molecule has 1 amide bonds. The van der Waals surface area contributed by atoms with E-state index in [-0.39, 0.29) is 0 Å². The molecule has 0 aliphatic carbocycles. The van der Waals surface area contributed by atoms with Gasteiger partial charge in [0.15, 0.2) is 0 Å². The number of amides is 1. The van der Waals surface area contributed by atoms with E-state index in [0.29, 0.717) is 6.54 Å². The van der Waals surface area contributed by atoms with Gasteiger partial charge in [0.25, 0.3) is 0 Å². The number of nitrogens with one attached hydrogen (secondary N) is 2. The molecular formula is C18H23N3O2. The second kappa shape index (κ2) is 7.63. The van der Waals surface area contributed by atoms with Gasteiger partial charge in [0.2, 0.25) is 0 Å². The van der Waals surface area contributed by atoms with E-state index in [1.165, 1.54) is 5.56 Å². The minimum Gasteiger partial charge on any atom is -0.444 e. The molecule has 5 heteroatoms. The summed E-state index contributed by atoms with van der Waals surface area (Å²) in [5.74, 6) is 0. The number of alkyl carbamates (subject to hydrolysis) is 1. The molecule has 1 heterocycles. The van der Waals surface area contributed by atoms with Gasteiger partial charge in [-0.25, -0.2) is 4.79 Å². The van der Waals surface area contributed by atoms with Crippen LogP contribution in [0, 0.1) is 0 Å². The Hall–Kier alpha value is -2.56. The molecule has 0 aliphatic rings. The van der Waals surface area contributed by atoms with Crippen LogP contribution in [0.25, 0.3) is 0 Å². The fourth-order valence-corrected chi connectivity index (χ4v) is 1.93. The summed E-state index contributed by atoms with van der Waals surface area (Å²) in [5, 5.41) is 6.09. The lowest BCUT2D eigenvalue weighted by Crippen LogP contribution is -2.32. The smallest absolute Gasteiger partial charge is 0.407 e. The third kappa shape index (κ3) is 6.38. The van der Waals surface area contributed by atoms with Crippen molar-refractivity contribution in [1.82, 2.24) is 10.3 Å². The number of hydrogen-bond acceptors (Lipinski definition) is 4. The van der Waals surface area contributed by atoms with Crippen LogP contribution in [-0.4, -0.2) is 16.7 Å². The van der Waals surface area contributed by atoms with Crippen LogP contribution in [0.4, 0.5) is 10.5 Å². The molecule has 5 nitrogen and oxygen atoms in total. The largest absolute Gasteiger partial charge is 0.444 e. The van der Waals surface area contributed by atoms with Crippen molar-refractivity contribution in [3.63, 3.8) is 0 Å². The Morgan fingerprint density at radius 3 is 2.22 bits per heavy atom. The lowest BCUT2D eigenvalue weighted by Gasteiger charge is -2.19. The Morgan fingerprint density at radius 1 is 1.00 bits per heavy atom.